The summed E-state index contributed by atoms with van der Waals surface area (Å²) in [5, 5.41) is 3.44. The standard InChI is InChI=1S/C15H21NOS/c1-3-11-17-15-9-5-4-8-14(15)13-16-10-6-7-12-18-2/h1,4-5,8-9,16H,6-7,10-13H2,2H3. The number of benzene rings is 1. The van der Waals surface area contributed by atoms with E-state index >= 15 is 0 Å². The Balaban J connectivity index is 2.30. The van der Waals surface area contributed by atoms with Crippen molar-refractivity contribution in [2.45, 2.75) is 19.4 Å². The maximum Gasteiger partial charge on any atom is 0.148 e. The third kappa shape index (κ3) is 6.00. The molecule has 0 unspecified atom stereocenters. The predicted molar refractivity (Wildman–Crippen MR) is 80.1 cm³/mol. The molecule has 0 bridgehead atoms. The van der Waals surface area contributed by atoms with E-state index in [0.717, 1.165) is 24.4 Å². The van der Waals surface area contributed by atoms with Crippen molar-refractivity contribution in [3.05, 3.63) is 29.8 Å². The van der Waals surface area contributed by atoms with Crippen LogP contribution in [-0.4, -0.2) is 25.2 Å². The number of hydrogen-bond donors (Lipinski definition) is 1. The molecule has 0 aliphatic rings. The second kappa shape index (κ2) is 9.87. The summed E-state index contributed by atoms with van der Waals surface area (Å²) in [6.45, 7) is 2.20. The van der Waals surface area contributed by atoms with E-state index in [9.17, 15) is 0 Å². The minimum atomic E-state index is 0.324. The summed E-state index contributed by atoms with van der Waals surface area (Å²) in [6.07, 6.45) is 9.83. The molecule has 1 aromatic rings. The van der Waals surface area contributed by atoms with Gasteiger partial charge in [0.15, 0.2) is 0 Å². The maximum absolute atomic E-state index is 5.50. The van der Waals surface area contributed by atoms with Gasteiger partial charge in [-0.1, -0.05) is 24.1 Å². The van der Waals surface area contributed by atoms with Crippen molar-refractivity contribution in [2.24, 2.45) is 0 Å². The number of nitrogens with one attached hydrogen (secondary N) is 1. The Morgan fingerprint density at radius 3 is 2.94 bits per heavy atom. The molecule has 2 nitrogen and oxygen atoms in total. The number of rotatable bonds is 9. The molecule has 18 heavy (non-hydrogen) atoms. The van der Waals surface area contributed by atoms with Crippen molar-refractivity contribution >= 4 is 11.8 Å². The molecule has 0 amide bonds. The summed E-state index contributed by atoms with van der Waals surface area (Å²) < 4.78 is 5.50. The number of para-hydroxylation sites is 1. The molecular weight excluding hydrogens is 242 g/mol. The van der Waals surface area contributed by atoms with Crippen LogP contribution in [0.15, 0.2) is 24.3 Å². The van der Waals surface area contributed by atoms with E-state index in [4.69, 9.17) is 11.2 Å². The van der Waals surface area contributed by atoms with Gasteiger partial charge in [0.2, 0.25) is 0 Å². The lowest BCUT2D eigenvalue weighted by atomic mass is 10.2. The Bertz CT molecular complexity index is 373. The van der Waals surface area contributed by atoms with E-state index in [1.165, 1.54) is 18.6 Å². The van der Waals surface area contributed by atoms with Crippen LogP contribution in [0.1, 0.15) is 18.4 Å². The molecule has 0 spiro atoms. The summed E-state index contributed by atoms with van der Waals surface area (Å²) in [7, 11) is 0. The van der Waals surface area contributed by atoms with E-state index in [0.29, 0.717) is 6.61 Å². The lowest BCUT2D eigenvalue weighted by Gasteiger charge is -2.10. The summed E-state index contributed by atoms with van der Waals surface area (Å²) in [4.78, 5) is 0. The van der Waals surface area contributed by atoms with Gasteiger partial charge in [-0.05, 0) is 37.5 Å². The molecular formula is C15H21NOS. The molecule has 3 heteroatoms. The average Bonchev–Trinajstić information content (AvgIpc) is 2.41. The number of terminal acetylenes is 1. The lowest BCUT2D eigenvalue weighted by molar-refractivity contribution is 0.365. The van der Waals surface area contributed by atoms with E-state index in [1.54, 1.807) is 0 Å². The fourth-order valence-corrected chi connectivity index (χ4v) is 2.12. The van der Waals surface area contributed by atoms with E-state index in [-0.39, 0.29) is 0 Å². The fraction of sp³-hybridized carbons (Fsp3) is 0.467. The number of ether oxygens (including phenoxy) is 1. The minimum Gasteiger partial charge on any atom is -0.481 e. The summed E-state index contributed by atoms with van der Waals surface area (Å²) in [6, 6.07) is 8.02. The van der Waals surface area contributed by atoms with Gasteiger partial charge >= 0.3 is 0 Å². The van der Waals surface area contributed by atoms with Gasteiger partial charge in [-0.15, -0.1) is 6.42 Å². The zero-order valence-corrected chi connectivity index (χ0v) is 11.8. The minimum absolute atomic E-state index is 0.324. The fourth-order valence-electron chi connectivity index (χ4n) is 1.63. The average molecular weight is 263 g/mol. The van der Waals surface area contributed by atoms with Crippen LogP contribution in [0.3, 0.4) is 0 Å². The topological polar surface area (TPSA) is 21.3 Å². The highest BCUT2D eigenvalue weighted by atomic mass is 32.2. The first kappa shape index (κ1) is 14.9. The zero-order valence-electron chi connectivity index (χ0n) is 10.9. The van der Waals surface area contributed by atoms with Crippen LogP contribution in [0.4, 0.5) is 0 Å². The van der Waals surface area contributed by atoms with Crippen LogP contribution >= 0.6 is 11.8 Å². The third-order valence-electron chi connectivity index (χ3n) is 2.55. The van der Waals surface area contributed by atoms with Crippen LogP contribution in [0.2, 0.25) is 0 Å². The molecule has 98 valence electrons. The molecule has 0 aromatic heterocycles. The first-order chi connectivity index (χ1) is 8.88. The number of hydrogen-bond acceptors (Lipinski definition) is 3. The second-order valence-electron chi connectivity index (χ2n) is 3.98. The number of unbranched alkanes of at least 4 members (excludes halogenated alkanes) is 1. The van der Waals surface area contributed by atoms with Crippen molar-refractivity contribution in [1.82, 2.24) is 5.32 Å². The molecule has 0 heterocycles. The molecule has 1 N–H and O–H groups in total. The van der Waals surface area contributed by atoms with Gasteiger partial charge in [0.05, 0.1) is 0 Å². The molecule has 0 aliphatic heterocycles. The molecule has 1 aromatic carbocycles. The first-order valence-electron chi connectivity index (χ1n) is 6.22. The first-order valence-corrected chi connectivity index (χ1v) is 7.61. The van der Waals surface area contributed by atoms with Crippen molar-refractivity contribution in [3.8, 4) is 18.1 Å². The Labute approximate surface area is 115 Å². The zero-order chi connectivity index (χ0) is 13.1. The van der Waals surface area contributed by atoms with Gasteiger partial charge in [-0.2, -0.15) is 11.8 Å². The van der Waals surface area contributed by atoms with Gasteiger partial charge in [-0.25, -0.2) is 0 Å². The Morgan fingerprint density at radius 2 is 2.17 bits per heavy atom. The molecule has 0 fully saturated rings. The van der Waals surface area contributed by atoms with Crippen molar-refractivity contribution in [3.63, 3.8) is 0 Å². The molecule has 0 radical (unpaired) electrons. The number of thioether (sulfide) groups is 1. The third-order valence-corrected chi connectivity index (χ3v) is 3.25. The summed E-state index contributed by atoms with van der Waals surface area (Å²) >= 11 is 1.90. The molecule has 0 aliphatic carbocycles. The highest BCUT2D eigenvalue weighted by molar-refractivity contribution is 7.98. The van der Waals surface area contributed by atoms with Crippen molar-refractivity contribution in [1.29, 1.82) is 0 Å². The van der Waals surface area contributed by atoms with Crippen LogP contribution < -0.4 is 10.1 Å². The Kier molecular flexibility index (Phi) is 8.20. The van der Waals surface area contributed by atoms with Crippen LogP contribution in [0, 0.1) is 12.3 Å². The largest absolute Gasteiger partial charge is 0.481 e. The van der Waals surface area contributed by atoms with E-state index < -0.39 is 0 Å². The van der Waals surface area contributed by atoms with Gasteiger partial charge in [0.25, 0.3) is 0 Å². The van der Waals surface area contributed by atoms with Crippen LogP contribution in [0.25, 0.3) is 0 Å². The summed E-state index contributed by atoms with van der Waals surface area (Å²) in [5.74, 6) is 4.61. The lowest BCUT2D eigenvalue weighted by Crippen LogP contribution is -2.15. The Hall–Kier alpha value is -1.11. The molecule has 0 saturated heterocycles. The van der Waals surface area contributed by atoms with Gasteiger partial charge in [-0.3, -0.25) is 0 Å². The quantitative estimate of drug-likeness (QED) is 0.547. The molecule has 0 saturated carbocycles. The monoisotopic (exact) mass is 263 g/mol. The van der Waals surface area contributed by atoms with Crippen LogP contribution in [-0.2, 0) is 6.54 Å². The highest BCUT2D eigenvalue weighted by Gasteiger charge is 2.01. The summed E-state index contributed by atoms with van der Waals surface area (Å²) in [5.41, 5.74) is 1.16. The van der Waals surface area contributed by atoms with E-state index in [1.807, 2.05) is 30.0 Å². The smallest absolute Gasteiger partial charge is 0.148 e. The van der Waals surface area contributed by atoms with E-state index in [2.05, 4.69) is 23.6 Å². The molecule has 1 rings (SSSR count). The Morgan fingerprint density at radius 1 is 1.33 bits per heavy atom. The van der Waals surface area contributed by atoms with Crippen molar-refractivity contribution in [2.75, 3.05) is 25.2 Å². The molecule has 0 atom stereocenters. The predicted octanol–water partition coefficient (Wildman–Crippen LogP) is 2.93. The van der Waals surface area contributed by atoms with Gasteiger partial charge in [0, 0.05) is 12.1 Å². The highest BCUT2D eigenvalue weighted by Crippen LogP contribution is 2.17. The van der Waals surface area contributed by atoms with Gasteiger partial charge in [0.1, 0.15) is 12.4 Å². The maximum atomic E-state index is 5.50. The van der Waals surface area contributed by atoms with Crippen LogP contribution in [0.5, 0.6) is 5.75 Å². The SMILES string of the molecule is C#CCOc1ccccc1CNCCCCSC. The second-order valence-corrected chi connectivity index (χ2v) is 4.96. The normalized spacial score (nSPS) is 10.0. The van der Waals surface area contributed by atoms with Gasteiger partial charge < -0.3 is 10.1 Å². The van der Waals surface area contributed by atoms with Crippen molar-refractivity contribution < 1.29 is 4.74 Å².